The number of sulfonamides is 1. The average molecular weight is 444 g/mol. The standard InChI is InChI=1S/C22H25N3O3S2/c1-16-14-21(17(2)29-16)30(27,28)25-12-10-24(11-13-25)15-22(26)23-20-9-5-7-18-6-3-4-8-19(18)20/h3-9,14H,10-13,15H2,1-2H3,(H,23,26). The maximum absolute atomic E-state index is 13.0. The van der Waals surface area contributed by atoms with E-state index in [-0.39, 0.29) is 12.5 Å². The molecule has 1 aliphatic heterocycles. The highest BCUT2D eigenvalue weighted by molar-refractivity contribution is 7.89. The molecule has 1 aliphatic rings. The van der Waals surface area contributed by atoms with Crippen molar-refractivity contribution in [2.75, 3.05) is 38.0 Å². The first-order valence-electron chi connectivity index (χ1n) is 9.92. The summed E-state index contributed by atoms with van der Waals surface area (Å²) in [5.74, 6) is -0.0908. The van der Waals surface area contributed by atoms with Crippen molar-refractivity contribution < 1.29 is 13.2 Å². The van der Waals surface area contributed by atoms with E-state index < -0.39 is 10.0 Å². The second kappa shape index (κ2) is 8.47. The number of carbonyl (C=O) groups is 1. The summed E-state index contributed by atoms with van der Waals surface area (Å²) in [6.45, 7) is 5.85. The van der Waals surface area contributed by atoms with Gasteiger partial charge in [-0.25, -0.2) is 8.42 Å². The first-order valence-corrected chi connectivity index (χ1v) is 12.2. The molecule has 1 aromatic heterocycles. The van der Waals surface area contributed by atoms with Gasteiger partial charge in [0.2, 0.25) is 15.9 Å². The number of fused-ring (bicyclic) bond motifs is 1. The fourth-order valence-corrected chi connectivity index (χ4v) is 6.80. The Kier molecular flexibility index (Phi) is 5.92. The SMILES string of the molecule is Cc1cc(S(=O)(=O)N2CCN(CC(=O)Nc3cccc4ccccc34)CC2)c(C)s1. The van der Waals surface area contributed by atoms with Crippen molar-refractivity contribution in [2.45, 2.75) is 18.7 Å². The number of piperazine rings is 1. The lowest BCUT2D eigenvalue weighted by atomic mass is 10.1. The van der Waals surface area contributed by atoms with Gasteiger partial charge in [-0.15, -0.1) is 11.3 Å². The maximum atomic E-state index is 13.0. The van der Waals surface area contributed by atoms with Crippen LogP contribution in [0.1, 0.15) is 9.75 Å². The fourth-order valence-electron chi connectivity index (χ4n) is 3.86. The molecule has 0 saturated carbocycles. The first kappa shape index (κ1) is 21.0. The molecule has 0 spiro atoms. The molecule has 1 N–H and O–H groups in total. The van der Waals surface area contributed by atoms with Crippen molar-refractivity contribution in [3.8, 4) is 0 Å². The molecule has 0 bridgehead atoms. The number of hydrogen-bond donors (Lipinski definition) is 1. The van der Waals surface area contributed by atoms with Gasteiger partial charge in [0.15, 0.2) is 0 Å². The van der Waals surface area contributed by atoms with Gasteiger partial charge in [0.1, 0.15) is 0 Å². The molecule has 2 aromatic carbocycles. The number of hydrogen-bond acceptors (Lipinski definition) is 5. The quantitative estimate of drug-likeness (QED) is 0.656. The summed E-state index contributed by atoms with van der Waals surface area (Å²) in [6, 6.07) is 15.5. The summed E-state index contributed by atoms with van der Waals surface area (Å²) in [6.07, 6.45) is 0. The minimum Gasteiger partial charge on any atom is -0.324 e. The monoisotopic (exact) mass is 443 g/mol. The van der Waals surface area contributed by atoms with Crippen LogP contribution in [0, 0.1) is 13.8 Å². The Labute approximate surface area is 181 Å². The Morgan fingerprint density at radius 1 is 1.03 bits per heavy atom. The molecule has 1 amide bonds. The van der Waals surface area contributed by atoms with Crippen molar-refractivity contribution in [1.29, 1.82) is 0 Å². The van der Waals surface area contributed by atoms with Gasteiger partial charge >= 0.3 is 0 Å². The average Bonchev–Trinajstić information content (AvgIpc) is 3.07. The number of rotatable bonds is 5. The van der Waals surface area contributed by atoms with Gasteiger partial charge in [-0.3, -0.25) is 9.69 Å². The van der Waals surface area contributed by atoms with Crippen molar-refractivity contribution in [2.24, 2.45) is 0 Å². The zero-order valence-corrected chi connectivity index (χ0v) is 18.7. The number of nitrogens with one attached hydrogen (secondary N) is 1. The van der Waals surface area contributed by atoms with E-state index in [0.29, 0.717) is 31.1 Å². The predicted molar refractivity (Wildman–Crippen MR) is 122 cm³/mol. The zero-order valence-electron chi connectivity index (χ0n) is 17.1. The van der Waals surface area contributed by atoms with Crippen LogP contribution in [0.5, 0.6) is 0 Å². The first-order chi connectivity index (χ1) is 14.3. The smallest absolute Gasteiger partial charge is 0.244 e. The van der Waals surface area contributed by atoms with Crippen LogP contribution in [0.2, 0.25) is 0 Å². The molecular weight excluding hydrogens is 418 g/mol. The molecular formula is C22H25N3O3S2. The van der Waals surface area contributed by atoms with Crippen LogP contribution in [0.25, 0.3) is 10.8 Å². The van der Waals surface area contributed by atoms with E-state index in [1.54, 1.807) is 6.07 Å². The second-order valence-electron chi connectivity index (χ2n) is 7.53. The fraction of sp³-hybridized carbons (Fsp3) is 0.318. The summed E-state index contributed by atoms with van der Waals surface area (Å²) < 4.78 is 27.4. The van der Waals surface area contributed by atoms with Crippen molar-refractivity contribution >= 4 is 43.7 Å². The molecule has 6 nitrogen and oxygen atoms in total. The number of nitrogens with zero attached hydrogens (tertiary/aromatic N) is 2. The van der Waals surface area contributed by atoms with Crippen molar-refractivity contribution in [1.82, 2.24) is 9.21 Å². The van der Waals surface area contributed by atoms with E-state index >= 15 is 0 Å². The third-order valence-corrected chi connectivity index (χ3v) is 8.50. The van der Waals surface area contributed by atoms with Gasteiger partial charge in [-0.05, 0) is 31.4 Å². The van der Waals surface area contributed by atoms with E-state index in [0.717, 1.165) is 26.2 Å². The number of anilines is 1. The van der Waals surface area contributed by atoms with Gasteiger partial charge < -0.3 is 5.32 Å². The number of amides is 1. The minimum atomic E-state index is -3.48. The number of benzene rings is 2. The number of carbonyl (C=O) groups excluding carboxylic acids is 1. The van der Waals surface area contributed by atoms with Crippen LogP contribution in [0.3, 0.4) is 0 Å². The van der Waals surface area contributed by atoms with Crippen molar-refractivity contribution in [3.05, 3.63) is 58.3 Å². The highest BCUT2D eigenvalue weighted by atomic mass is 32.2. The van der Waals surface area contributed by atoms with Gasteiger partial charge in [-0.2, -0.15) is 4.31 Å². The molecule has 1 saturated heterocycles. The second-order valence-corrected chi connectivity index (χ2v) is 10.9. The summed E-state index contributed by atoms with van der Waals surface area (Å²) in [5.41, 5.74) is 0.794. The molecule has 8 heteroatoms. The summed E-state index contributed by atoms with van der Waals surface area (Å²) in [4.78, 5) is 16.8. The van der Waals surface area contributed by atoms with E-state index in [2.05, 4.69) is 5.32 Å². The molecule has 2 heterocycles. The lowest BCUT2D eigenvalue weighted by Gasteiger charge is -2.33. The zero-order chi connectivity index (χ0) is 21.3. The summed E-state index contributed by atoms with van der Waals surface area (Å²) in [7, 11) is -3.48. The van der Waals surface area contributed by atoms with Gasteiger partial charge in [0.25, 0.3) is 0 Å². The lowest BCUT2D eigenvalue weighted by Crippen LogP contribution is -2.50. The maximum Gasteiger partial charge on any atom is 0.244 e. The molecule has 0 aliphatic carbocycles. The Bertz CT molecular complexity index is 1170. The Hall–Kier alpha value is -2.26. The van der Waals surface area contributed by atoms with Crippen LogP contribution >= 0.6 is 11.3 Å². The van der Waals surface area contributed by atoms with Crippen LogP contribution in [-0.2, 0) is 14.8 Å². The lowest BCUT2D eigenvalue weighted by molar-refractivity contribution is -0.117. The predicted octanol–water partition coefficient (Wildman–Crippen LogP) is 3.46. The number of thiophene rings is 1. The molecule has 158 valence electrons. The molecule has 4 rings (SSSR count). The van der Waals surface area contributed by atoms with E-state index in [9.17, 15) is 13.2 Å². The molecule has 1 fully saturated rings. The van der Waals surface area contributed by atoms with Crippen molar-refractivity contribution in [3.63, 3.8) is 0 Å². The topological polar surface area (TPSA) is 69.7 Å². The summed E-state index contributed by atoms with van der Waals surface area (Å²) >= 11 is 1.50. The van der Waals surface area contributed by atoms with E-state index in [1.807, 2.05) is 61.2 Å². The Morgan fingerprint density at radius 2 is 1.73 bits per heavy atom. The Balaban J connectivity index is 1.37. The van der Waals surface area contributed by atoms with Gasteiger partial charge in [0, 0.05) is 47.0 Å². The number of aryl methyl sites for hydroxylation is 2. The van der Waals surface area contributed by atoms with Crippen LogP contribution in [-0.4, -0.2) is 56.3 Å². The van der Waals surface area contributed by atoms with Gasteiger partial charge in [0.05, 0.1) is 11.4 Å². The normalized spacial score (nSPS) is 16.1. The largest absolute Gasteiger partial charge is 0.324 e. The van der Waals surface area contributed by atoms with Crippen LogP contribution in [0.15, 0.2) is 53.4 Å². The highest BCUT2D eigenvalue weighted by Crippen LogP contribution is 2.28. The summed E-state index contributed by atoms with van der Waals surface area (Å²) in [5, 5.41) is 5.08. The molecule has 0 radical (unpaired) electrons. The minimum absolute atomic E-state index is 0.0908. The van der Waals surface area contributed by atoms with Crippen LogP contribution in [0.4, 0.5) is 5.69 Å². The van der Waals surface area contributed by atoms with E-state index in [4.69, 9.17) is 0 Å². The third kappa shape index (κ3) is 4.27. The molecule has 0 unspecified atom stereocenters. The Morgan fingerprint density at radius 3 is 2.43 bits per heavy atom. The molecule has 30 heavy (non-hydrogen) atoms. The third-order valence-electron chi connectivity index (χ3n) is 5.38. The van der Waals surface area contributed by atoms with E-state index in [1.165, 1.54) is 15.6 Å². The van der Waals surface area contributed by atoms with Crippen LogP contribution < -0.4 is 5.32 Å². The molecule has 3 aromatic rings. The molecule has 0 atom stereocenters. The highest BCUT2D eigenvalue weighted by Gasteiger charge is 2.31. The van der Waals surface area contributed by atoms with Gasteiger partial charge in [-0.1, -0.05) is 36.4 Å².